The molecule has 0 aliphatic rings. The first kappa shape index (κ1) is 21.3. The van der Waals surface area contributed by atoms with E-state index >= 15 is 0 Å². The topological polar surface area (TPSA) is 74.1 Å². The Hall–Kier alpha value is -4.52. The van der Waals surface area contributed by atoms with Crippen LogP contribution in [0.2, 0.25) is 0 Å². The van der Waals surface area contributed by atoms with Crippen molar-refractivity contribution < 1.29 is 14.1 Å². The van der Waals surface area contributed by atoms with E-state index in [1.54, 1.807) is 0 Å². The molecule has 170 valence electrons. The standard InChI is InChI=1S/C27H25N5O2/c1-30-15-24(26-27(30)31(2)18-28-26)20-8-6-12-23(14-20)32(22-10-4-3-5-11-22)13-7-9-21(16-33)25-17-34-19-29-25/h3-12,14-19,33H,13H2,1-2H3/p+1/b9-7?,21-16-. The van der Waals surface area contributed by atoms with E-state index in [1.807, 2.05) is 43.7 Å². The van der Waals surface area contributed by atoms with Crippen LogP contribution in [-0.2, 0) is 14.1 Å². The lowest BCUT2D eigenvalue weighted by molar-refractivity contribution is -0.647. The average Bonchev–Trinajstić information content (AvgIpc) is 3.60. The van der Waals surface area contributed by atoms with Gasteiger partial charge in [0.2, 0.25) is 0 Å². The fourth-order valence-corrected chi connectivity index (χ4v) is 4.27. The lowest BCUT2D eigenvalue weighted by atomic mass is 10.1. The molecule has 0 atom stereocenters. The van der Waals surface area contributed by atoms with Gasteiger partial charge in [0.05, 0.1) is 32.1 Å². The Morgan fingerprint density at radius 3 is 2.76 bits per heavy atom. The molecule has 2 N–H and O–H groups in total. The third kappa shape index (κ3) is 3.99. The number of rotatable bonds is 7. The van der Waals surface area contributed by atoms with Crippen molar-refractivity contribution in [1.29, 1.82) is 0 Å². The van der Waals surface area contributed by atoms with Crippen molar-refractivity contribution in [3.05, 3.63) is 104 Å². The Kier molecular flexibility index (Phi) is 5.74. The second kappa shape index (κ2) is 9.15. The van der Waals surface area contributed by atoms with E-state index in [0.717, 1.165) is 39.9 Å². The van der Waals surface area contributed by atoms with Gasteiger partial charge in [-0.3, -0.25) is 9.55 Å². The van der Waals surface area contributed by atoms with E-state index < -0.39 is 0 Å². The van der Waals surface area contributed by atoms with E-state index in [0.29, 0.717) is 17.8 Å². The molecule has 34 heavy (non-hydrogen) atoms. The summed E-state index contributed by atoms with van der Waals surface area (Å²) in [6.45, 7) is 0.602. The van der Waals surface area contributed by atoms with Crippen LogP contribution in [-0.4, -0.2) is 26.2 Å². The minimum atomic E-state index is 0.583. The van der Waals surface area contributed by atoms with Crippen LogP contribution in [0.4, 0.5) is 11.4 Å². The number of nitrogens with zero attached hydrogens (tertiary/aromatic N) is 4. The molecule has 3 aromatic heterocycles. The van der Waals surface area contributed by atoms with E-state index in [4.69, 9.17) is 4.42 Å². The smallest absolute Gasteiger partial charge is 0.268 e. The molecule has 7 nitrogen and oxygen atoms in total. The van der Waals surface area contributed by atoms with Gasteiger partial charge in [-0.05, 0) is 29.8 Å². The van der Waals surface area contributed by atoms with Crippen molar-refractivity contribution in [1.82, 2.24) is 14.5 Å². The number of aliphatic hydroxyl groups excluding tert-OH is 1. The van der Waals surface area contributed by atoms with Gasteiger partial charge in [-0.2, -0.15) is 0 Å². The van der Waals surface area contributed by atoms with Gasteiger partial charge in [0.1, 0.15) is 12.0 Å². The van der Waals surface area contributed by atoms with Crippen molar-refractivity contribution >= 4 is 28.1 Å². The molecular formula is C27H26N5O2+. The summed E-state index contributed by atoms with van der Waals surface area (Å²) in [5, 5.41) is 9.63. The number of allylic oxidation sites excluding steroid dienone is 2. The molecule has 0 spiro atoms. The second-order valence-electron chi connectivity index (χ2n) is 8.09. The largest absolute Gasteiger partial charge is 0.515 e. The molecule has 0 aliphatic heterocycles. The van der Waals surface area contributed by atoms with Crippen molar-refractivity contribution in [2.75, 3.05) is 11.4 Å². The number of fused-ring (bicyclic) bond motifs is 1. The molecule has 0 aliphatic carbocycles. The van der Waals surface area contributed by atoms with Gasteiger partial charge in [0, 0.05) is 23.5 Å². The van der Waals surface area contributed by atoms with Crippen molar-refractivity contribution in [3.8, 4) is 11.1 Å². The molecule has 0 unspecified atom stereocenters. The number of hydrogen-bond donors (Lipinski definition) is 2. The number of anilines is 2. The predicted octanol–water partition coefficient (Wildman–Crippen LogP) is 5.28. The van der Waals surface area contributed by atoms with Crippen molar-refractivity contribution in [2.45, 2.75) is 0 Å². The van der Waals surface area contributed by atoms with Gasteiger partial charge in [-0.15, -0.1) is 0 Å². The maximum absolute atomic E-state index is 9.63. The summed E-state index contributed by atoms with van der Waals surface area (Å²) in [5.74, 6) is 0. The summed E-state index contributed by atoms with van der Waals surface area (Å²) >= 11 is 0. The maximum Gasteiger partial charge on any atom is 0.268 e. The molecule has 2 aromatic carbocycles. The summed E-state index contributed by atoms with van der Waals surface area (Å²) in [4.78, 5) is 9.73. The number of aromatic amines is 1. The van der Waals surface area contributed by atoms with Crippen LogP contribution >= 0.6 is 0 Å². The number of aliphatic hydroxyl groups is 1. The third-order valence-corrected chi connectivity index (χ3v) is 5.88. The lowest BCUT2D eigenvalue weighted by Crippen LogP contribution is -2.26. The Balaban J connectivity index is 1.50. The van der Waals surface area contributed by atoms with Gasteiger partial charge >= 0.3 is 0 Å². The van der Waals surface area contributed by atoms with Crippen LogP contribution in [0.3, 0.4) is 0 Å². The monoisotopic (exact) mass is 452 g/mol. The van der Waals surface area contributed by atoms with E-state index in [-0.39, 0.29) is 0 Å². The molecule has 0 saturated heterocycles. The highest BCUT2D eigenvalue weighted by molar-refractivity contribution is 5.90. The van der Waals surface area contributed by atoms with Crippen molar-refractivity contribution in [2.24, 2.45) is 14.1 Å². The summed E-state index contributed by atoms with van der Waals surface area (Å²) in [6.07, 6.45) is 11.9. The molecule has 0 saturated carbocycles. The number of oxazole rings is 1. The van der Waals surface area contributed by atoms with Gasteiger partial charge in [-0.1, -0.05) is 42.5 Å². The minimum absolute atomic E-state index is 0.583. The van der Waals surface area contributed by atoms with Crippen LogP contribution in [0, 0.1) is 0 Å². The molecule has 0 fully saturated rings. The average molecular weight is 453 g/mol. The Bertz CT molecular complexity index is 1460. The summed E-state index contributed by atoms with van der Waals surface area (Å²) < 4.78 is 9.26. The quantitative estimate of drug-likeness (QED) is 0.200. The number of H-pyrrole nitrogens is 1. The van der Waals surface area contributed by atoms with E-state index in [9.17, 15) is 5.11 Å². The van der Waals surface area contributed by atoms with E-state index in [2.05, 4.69) is 73.6 Å². The van der Waals surface area contributed by atoms with Crippen LogP contribution in [0.25, 0.3) is 27.9 Å². The minimum Gasteiger partial charge on any atom is -0.515 e. The van der Waals surface area contributed by atoms with Crippen LogP contribution in [0.5, 0.6) is 0 Å². The number of aromatic nitrogens is 4. The first-order valence-corrected chi connectivity index (χ1v) is 11.0. The normalized spacial score (nSPS) is 12.1. The highest BCUT2D eigenvalue weighted by Crippen LogP contribution is 2.32. The number of para-hydroxylation sites is 1. The predicted molar refractivity (Wildman–Crippen MR) is 134 cm³/mol. The highest BCUT2D eigenvalue weighted by Gasteiger charge is 2.19. The molecule has 7 heteroatoms. The number of imidazole rings is 1. The lowest BCUT2D eigenvalue weighted by Gasteiger charge is -2.24. The third-order valence-electron chi connectivity index (χ3n) is 5.88. The molecular weight excluding hydrogens is 426 g/mol. The zero-order chi connectivity index (χ0) is 23.5. The Morgan fingerprint density at radius 2 is 2.00 bits per heavy atom. The zero-order valence-electron chi connectivity index (χ0n) is 19.1. The molecule has 5 aromatic rings. The van der Waals surface area contributed by atoms with Gasteiger partial charge < -0.3 is 14.4 Å². The second-order valence-corrected chi connectivity index (χ2v) is 8.09. The molecule has 0 radical (unpaired) electrons. The summed E-state index contributed by atoms with van der Waals surface area (Å²) in [6, 6.07) is 18.8. The Morgan fingerprint density at radius 1 is 1.18 bits per heavy atom. The summed E-state index contributed by atoms with van der Waals surface area (Å²) in [5.41, 5.74) is 7.84. The summed E-state index contributed by atoms with van der Waals surface area (Å²) in [7, 11) is 4.10. The first-order chi connectivity index (χ1) is 16.7. The van der Waals surface area contributed by atoms with Gasteiger partial charge in [-0.25, -0.2) is 9.55 Å². The van der Waals surface area contributed by atoms with Gasteiger partial charge in [0.25, 0.3) is 5.65 Å². The van der Waals surface area contributed by atoms with Crippen LogP contribution in [0.15, 0.2) is 103 Å². The molecule has 0 amide bonds. The number of nitrogens with one attached hydrogen (secondary N) is 1. The molecule has 5 rings (SSSR count). The molecule has 0 bridgehead atoms. The highest BCUT2D eigenvalue weighted by atomic mass is 16.3. The maximum atomic E-state index is 9.63. The number of benzene rings is 2. The SMILES string of the molecule is Cn1cc(-c2cccc(N(CC=C/C(=C/O)c3cocn3)c3ccccc3)c2)c2[nH]c[n+](C)c21. The first-order valence-electron chi connectivity index (χ1n) is 11.0. The fraction of sp³-hybridized carbons (Fsp3) is 0.111. The fourth-order valence-electron chi connectivity index (χ4n) is 4.27. The van der Waals surface area contributed by atoms with Crippen LogP contribution in [0.1, 0.15) is 5.69 Å². The number of hydrogen-bond acceptors (Lipinski definition) is 4. The van der Waals surface area contributed by atoms with Crippen molar-refractivity contribution in [3.63, 3.8) is 0 Å². The zero-order valence-corrected chi connectivity index (χ0v) is 19.1. The van der Waals surface area contributed by atoms with Crippen LogP contribution < -0.4 is 9.47 Å². The number of aryl methyl sites for hydroxylation is 2. The Labute approximate surface area is 197 Å². The molecule has 3 heterocycles. The van der Waals surface area contributed by atoms with Gasteiger partial charge in [0.15, 0.2) is 18.2 Å². The van der Waals surface area contributed by atoms with E-state index in [1.165, 1.54) is 12.7 Å².